The highest BCUT2D eigenvalue weighted by atomic mass is 19.1. The van der Waals surface area contributed by atoms with Gasteiger partial charge in [0.15, 0.2) is 11.2 Å². The van der Waals surface area contributed by atoms with Crippen molar-refractivity contribution >= 4 is 17.8 Å². The Kier molecular flexibility index (Phi) is 4.30. The van der Waals surface area contributed by atoms with Gasteiger partial charge in [-0.15, -0.1) is 5.10 Å². The molecule has 12 heteroatoms. The van der Waals surface area contributed by atoms with Gasteiger partial charge in [0.1, 0.15) is 5.82 Å². The summed E-state index contributed by atoms with van der Waals surface area (Å²) in [5.41, 5.74) is -0.653. The van der Waals surface area contributed by atoms with Gasteiger partial charge < -0.3 is 10.6 Å². The van der Waals surface area contributed by atoms with Crippen LogP contribution in [0.4, 0.5) is 9.18 Å². The number of aromatic nitrogens is 5. The van der Waals surface area contributed by atoms with Crippen molar-refractivity contribution in [2.45, 2.75) is 5.54 Å². The van der Waals surface area contributed by atoms with Gasteiger partial charge in [0.05, 0.1) is 24.1 Å². The van der Waals surface area contributed by atoms with Crippen molar-refractivity contribution in [3.8, 4) is 5.69 Å². The number of urea groups is 1. The van der Waals surface area contributed by atoms with Crippen LogP contribution < -0.4 is 16.0 Å². The maximum absolute atomic E-state index is 13.0. The number of nitrogens with zero attached hydrogens (tertiary/aromatic N) is 5. The van der Waals surface area contributed by atoms with Crippen molar-refractivity contribution in [2.24, 2.45) is 7.05 Å². The van der Waals surface area contributed by atoms with Gasteiger partial charge in [-0.3, -0.25) is 19.6 Å². The maximum Gasteiger partial charge on any atom is 0.322 e. The lowest BCUT2D eigenvalue weighted by atomic mass is 9.95. The average molecular weight is 398 g/mol. The number of amides is 4. The lowest BCUT2D eigenvalue weighted by molar-refractivity contribution is -0.124. The summed E-state index contributed by atoms with van der Waals surface area (Å²) in [7, 11) is 1.62. The highest BCUT2D eigenvalue weighted by molar-refractivity contribution is 6.07. The van der Waals surface area contributed by atoms with Crippen LogP contribution in [0.2, 0.25) is 0 Å². The predicted octanol–water partition coefficient (Wildman–Crippen LogP) is -0.395. The molecule has 11 nitrogen and oxygen atoms in total. The fourth-order valence-electron chi connectivity index (χ4n) is 3.05. The van der Waals surface area contributed by atoms with Gasteiger partial charge in [-0.1, -0.05) is 0 Å². The normalized spacial score (nSPS) is 18.4. The van der Waals surface area contributed by atoms with E-state index < -0.39 is 29.2 Å². The molecule has 0 aliphatic carbocycles. The number of carbonyl (C=O) groups is 3. The second-order valence-corrected chi connectivity index (χ2v) is 6.33. The lowest BCUT2D eigenvalue weighted by Gasteiger charge is -2.26. The number of halogens is 1. The molecule has 3 heterocycles. The van der Waals surface area contributed by atoms with E-state index in [4.69, 9.17) is 0 Å². The zero-order valence-corrected chi connectivity index (χ0v) is 15.1. The Bertz CT molecular complexity index is 1110. The van der Waals surface area contributed by atoms with Gasteiger partial charge in [-0.2, -0.15) is 15.0 Å². The highest BCUT2D eigenvalue weighted by Gasteiger charge is 2.50. The molecule has 4 rings (SSSR count). The van der Waals surface area contributed by atoms with Crippen molar-refractivity contribution in [3.05, 3.63) is 59.9 Å². The number of carbonyl (C=O) groups excluding carboxylic acids is 3. The van der Waals surface area contributed by atoms with E-state index in [2.05, 4.69) is 31.2 Å². The van der Waals surface area contributed by atoms with Gasteiger partial charge >= 0.3 is 6.03 Å². The Balaban J connectivity index is 1.54. The first kappa shape index (κ1) is 18.3. The third-order valence-electron chi connectivity index (χ3n) is 4.50. The van der Waals surface area contributed by atoms with Crippen LogP contribution >= 0.6 is 0 Å². The fourth-order valence-corrected chi connectivity index (χ4v) is 3.05. The summed E-state index contributed by atoms with van der Waals surface area (Å²) >= 11 is 0. The molecule has 4 amide bonds. The van der Waals surface area contributed by atoms with Crippen LogP contribution in [0, 0.1) is 5.82 Å². The molecule has 0 radical (unpaired) electrons. The van der Waals surface area contributed by atoms with E-state index in [9.17, 15) is 18.8 Å². The van der Waals surface area contributed by atoms with Crippen molar-refractivity contribution in [3.63, 3.8) is 0 Å². The first-order valence-electron chi connectivity index (χ1n) is 8.47. The van der Waals surface area contributed by atoms with Gasteiger partial charge in [-0.05, 0) is 30.3 Å². The summed E-state index contributed by atoms with van der Waals surface area (Å²) < 4.78 is 14.5. The Morgan fingerprint density at radius 3 is 2.59 bits per heavy atom. The van der Waals surface area contributed by atoms with Gasteiger partial charge in [0.25, 0.3) is 11.8 Å². The molecule has 29 heavy (non-hydrogen) atoms. The van der Waals surface area contributed by atoms with Crippen molar-refractivity contribution < 1.29 is 18.8 Å². The molecular formula is C17H15FN8O3. The van der Waals surface area contributed by atoms with Gasteiger partial charge in [-0.25, -0.2) is 9.18 Å². The topological polar surface area (TPSA) is 136 Å². The number of aryl methyl sites for hydroxylation is 1. The molecule has 1 aromatic carbocycles. The van der Waals surface area contributed by atoms with E-state index in [1.54, 1.807) is 13.1 Å². The van der Waals surface area contributed by atoms with E-state index in [0.717, 1.165) is 0 Å². The minimum atomic E-state index is -1.51. The molecule has 1 aliphatic rings. The first-order chi connectivity index (χ1) is 13.9. The van der Waals surface area contributed by atoms with Gasteiger partial charge in [0, 0.05) is 13.2 Å². The van der Waals surface area contributed by atoms with Crippen LogP contribution in [0.5, 0.6) is 0 Å². The molecule has 2 aromatic heterocycles. The summed E-state index contributed by atoms with van der Waals surface area (Å²) in [6.45, 7) is -0.230. The first-order valence-corrected chi connectivity index (χ1v) is 8.47. The number of benzene rings is 1. The molecule has 0 spiro atoms. The second-order valence-electron chi connectivity index (χ2n) is 6.33. The van der Waals surface area contributed by atoms with E-state index >= 15 is 0 Å². The molecule has 3 aromatic rings. The molecule has 1 fully saturated rings. The van der Waals surface area contributed by atoms with Gasteiger partial charge in [0.2, 0.25) is 0 Å². The smallest absolute Gasteiger partial charge is 0.322 e. The molecule has 3 N–H and O–H groups in total. The predicted molar refractivity (Wildman–Crippen MR) is 95.2 cm³/mol. The highest BCUT2D eigenvalue weighted by Crippen LogP contribution is 2.23. The van der Waals surface area contributed by atoms with Crippen LogP contribution in [0.25, 0.3) is 5.69 Å². The van der Waals surface area contributed by atoms with E-state index in [1.807, 2.05) is 0 Å². The van der Waals surface area contributed by atoms with Crippen LogP contribution in [-0.4, -0.2) is 49.2 Å². The summed E-state index contributed by atoms with van der Waals surface area (Å²) in [5.74, 6) is -1.62. The number of rotatable bonds is 5. The second kappa shape index (κ2) is 6.82. The minimum Gasteiger partial charge on any atom is -0.347 e. The summed E-state index contributed by atoms with van der Waals surface area (Å²) in [5, 5.41) is 19.4. The lowest BCUT2D eigenvalue weighted by Crippen LogP contribution is -2.53. The third kappa shape index (κ3) is 3.20. The zero-order valence-electron chi connectivity index (χ0n) is 15.1. The minimum absolute atomic E-state index is 0.0146. The molecule has 1 saturated heterocycles. The number of imide groups is 1. The number of hydrogen-bond acceptors (Lipinski definition) is 6. The molecule has 1 atom stereocenters. The van der Waals surface area contributed by atoms with E-state index in [-0.39, 0.29) is 12.2 Å². The monoisotopic (exact) mass is 398 g/mol. The van der Waals surface area contributed by atoms with Crippen molar-refractivity contribution in [1.82, 2.24) is 40.7 Å². The summed E-state index contributed by atoms with van der Waals surface area (Å²) in [4.78, 5) is 37.9. The molecule has 1 aliphatic heterocycles. The zero-order chi connectivity index (χ0) is 20.6. The standard InChI is InChI=1S/C17H15FN8O3/c1-25-13(6-7-20-25)17(15(28)22-16(29)23-17)9-19-14(27)12-8-21-26(24-12)11-4-2-10(18)3-5-11/h2-8H,9H2,1H3,(H,19,27)(H2,22,23,28,29)/t17-/m1/s1. The molecule has 0 bridgehead atoms. The molecule has 0 unspecified atom stereocenters. The Morgan fingerprint density at radius 2 is 1.97 bits per heavy atom. The Labute approximate surface area is 162 Å². The van der Waals surface area contributed by atoms with Crippen LogP contribution in [0.3, 0.4) is 0 Å². The quantitative estimate of drug-likeness (QED) is 0.501. The van der Waals surface area contributed by atoms with Crippen LogP contribution in [0.1, 0.15) is 16.2 Å². The molecular weight excluding hydrogens is 383 g/mol. The Hall–Kier alpha value is -4.09. The largest absolute Gasteiger partial charge is 0.347 e. The average Bonchev–Trinajstić information content (AvgIpc) is 3.40. The summed E-state index contributed by atoms with van der Waals surface area (Å²) in [6.07, 6.45) is 2.72. The molecule has 0 saturated carbocycles. The fraction of sp³-hybridized carbons (Fsp3) is 0.176. The maximum atomic E-state index is 13.0. The van der Waals surface area contributed by atoms with Crippen molar-refractivity contribution in [1.29, 1.82) is 0 Å². The van der Waals surface area contributed by atoms with E-state index in [0.29, 0.717) is 11.4 Å². The number of hydrogen-bond donors (Lipinski definition) is 3. The number of nitrogens with one attached hydrogen (secondary N) is 3. The SMILES string of the molecule is Cn1nccc1[C@@]1(CNC(=O)c2cnn(-c3ccc(F)cc3)n2)NC(=O)NC1=O. The summed E-state index contributed by atoms with van der Waals surface area (Å²) in [6, 6.07) is 6.32. The Morgan fingerprint density at radius 1 is 1.21 bits per heavy atom. The van der Waals surface area contributed by atoms with Crippen molar-refractivity contribution in [2.75, 3.05) is 6.54 Å². The third-order valence-corrected chi connectivity index (χ3v) is 4.50. The van der Waals surface area contributed by atoms with E-state index in [1.165, 1.54) is 46.1 Å². The molecule has 148 valence electrons. The van der Waals surface area contributed by atoms with Crippen LogP contribution in [0.15, 0.2) is 42.7 Å². The van der Waals surface area contributed by atoms with Crippen LogP contribution in [-0.2, 0) is 17.4 Å².